The first-order valence-electron chi connectivity index (χ1n) is 8.00. The predicted molar refractivity (Wildman–Crippen MR) is 91.9 cm³/mol. The molecule has 1 aliphatic rings. The van der Waals surface area contributed by atoms with E-state index in [2.05, 4.69) is 53.1 Å². The molecule has 2 aromatic heterocycles. The molecule has 0 saturated heterocycles. The molecule has 0 radical (unpaired) electrons. The fraction of sp³-hybridized carbons (Fsp3) is 0.316. The first-order valence-corrected chi connectivity index (χ1v) is 8.00. The van der Waals surface area contributed by atoms with E-state index in [1.54, 1.807) is 7.11 Å². The third-order valence-electron chi connectivity index (χ3n) is 4.84. The Labute approximate surface area is 136 Å². The molecule has 0 amide bonds. The van der Waals surface area contributed by atoms with Gasteiger partial charge >= 0.3 is 0 Å². The third kappa shape index (κ3) is 2.21. The summed E-state index contributed by atoms with van der Waals surface area (Å²) >= 11 is 0. The molecule has 0 spiro atoms. The number of nitrogens with zero attached hydrogens (tertiary/aromatic N) is 2. The van der Waals surface area contributed by atoms with Gasteiger partial charge in [0, 0.05) is 42.1 Å². The normalized spacial score (nSPS) is 20.5. The van der Waals surface area contributed by atoms with Crippen LogP contribution in [0.3, 0.4) is 0 Å². The highest BCUT2D eigenvalue weighted by Crippen LogP contribution is 2.38. The highest BCUT2D eigenvalue weighted by Gasteiger charge is 2.30. The van der Waals surface area contributed by atoms with Crippen LogP contribution >= 0.6 is 0 Å². The molecule has 0 bridgehead atoms. The molecule has 1 aromatic carbocycles. The first kappa shape index (κ1) is 14.3. The number of rotatable bonds is 2. The average Bonchev–Trinajstić information content (AvgIpc) is 2.87. The second-order valence-corrected chi connectivity index (χ2v) is 6.29. The van der Waals surface area contributed by atoms with Crippen molar-refractivity contribution in [1.29, 1.82) is 0 Å². The maximum Gasteiger partial charge on any atom is 0.119 e. The van der Waals surface area contributed by atoms with Crippen LogP contribution in [0.25, 0.3) is 10.9 Å². The quantitative estimate of drug-likeness (QED) is 0.790. The average molecular weight is 307 g/mol. The Morgan fingerprint density at radius 1 is 1.22 bits per heavy atom. The summed E-state index contributed by atoms with van der Waals surface area (Å²) in [5.74, 6) is 0.914. The molecule has 118 valence electrons. The van der Waals surface area contributed by atoms with Crippen LogP contribution in [0, 0.1) is 0 Å². The maximum absolute atomic E-state index is 5.43. The van der Waals surface area contributed by atoms with Gasteiger partial charge in [0.15, 0.2) is 0 Å². The van der Waals surface area contributed by atoms with Gasteiger partial charge < -0.3 is 14.6 Å². The van der Waals surface area contributed by atoms with Crippen molar-refractivity contribution in [2.75, 3.05) is 7.11 Å². The van der Waals surface area contributed by atoms with Gasteiger partial charge in [0.2, 0.25) is 0 Å². The van der Waals surface area contributed by atoms with E-state index in [9.17, 15) is 0 Å². The van der Waals surface area contributed by atoms with E-state index in [1.807, 2.05) is 18.5 Å². The van der Waals surface area contributed by atoms with Crippen LogP contribution in [0.2, 0.25) is 0 Å². The molecule has 0 aliphatic carbocycles. The van der Waals surface area contributed by atoms with Gasteiger partial charge in [-0.05, 0) is 54.8 Å². The number of hydrogen-bond acceptors (Lipinski definition) is 3. The molecule has 1 N–H and O–H groups in total. The maximum atomic E-state index is 5.43. The Balaban J connectivity index is 1.97. The van der Waals surface area contributed by atoms with Crippen LogP contribution in [-0.2, 0) is 13.5 Å². The van der Waals surface area contributed by atoms with E-state index >= 15 is 0 Å². The smallest absolute Gasteiger partial charge is 0.119 e. The van der Waals surface area contributed by atoms with Crippen molar-refractivity contribution in [2.24, 2.45) is 7.05 Å². The molecule has 23 heavy (non-hydrogen) atoms. The number of benzene rings is 1. The zero-order valence-corrected chi connectivity index (χ0v) is 13.7. The number of fused-ring (bicyclic) bond motifs is 3. The molecule has 4 nitrogen and oxygen atoms in total. The number of nitrogens with one attached hydrogen (secondary N) is 1. The monoisotopic (exact) mass is 307 g/mol. The van der Waals surface area contributed by atoms with E-state index < -0.39 is 0 Å². The number of ether oxygens (including phenoxy) is 1. The molecule has 2 atom stereocenters. The van der Waals surface area contributed by atoms with Crippen LogP contribution in [0.5, 0.6) is 5.75 Å². The lowest BCUT2D eigenvalue weighted by Gasteiger charge is -2.31. The summed E-state index contributed by atoms with van der Waals surface area (Å²) in [6.45, 7) is 2.25. The van der Waals surface area contributed by atoms with Gasteiger partial charge in [0.05, 0.1) is 13.2 Å². The Kier molecular flexibility index (Phi) is 3.34. The van der Waals surface area contributed by atoms with Crippen LogP contribution in [0.15, 0.2) is 42.7 Å². The molecule has 4 rings (SSSR count). The zero-order valence-electron chi connectivity index (χ0n) is 13.7. The van der Waals surface area contributed by atoms with E-state index in [0.29, 0.717) is 6.04 Å². The fourth-order valence-corrected chi connectivity index (χ4v) is 3.77. The second-order valence-electron chi connectivity index (χ2n) is 6.29. The van der Waals surface area contributed by atoms with Crippen molar-refractivity contribution in [3.05, 3.63) is 59.5 Å². The van der Waals surface area contributed by atoms with Crippen molar-refractivity contribution in [1.82, 2.24) is 14.9 Å². The van der Waals surface area contributed by atoms with E-state index in [0.717, 1.165) is 12.2 Å². The fourth-order valence-electron chi connectivity index (χ4n) is 3.77. The summed E-state index contributed by atoms with van der Waals surface area (Å²) < 4.78 is 7.74. The van der Waals surface area contributed by atoms with Gasteiger partial charge in [-0.3, -0.25) is 4.98 Å². The molecule has 4 heteroatoms. The molecule has 2 unspecified atom stereocenters. The minimum Gasteiger partial charge on any atom is -0.497 e. The van der Waals surface area contributed by atoms with Crippen LogP contribution in [-0.4, -0.2) is 22.7 Å². The lowest BCUT2D eigenvalue weighted by Crippen LogP contribution is -2.38. The van der Waals surface area contributed by atoms with E-state index in [4.69, 9.17) is 4.74 Å². The highest BCUT2D eigenvalue weighted by atomic mass is 16.5. The lowest BCUT2D eigenvalue weighted by atomic mass is 9.91. The molecule has 0 saturated carbocycles. The van der Waals surface area contributed by atoms with Gasteiger partial charge in [0.1, 0.15) is 5.75 Å². The Bertz CT molecular complexity index is 854. The summed E-state index contributed by atoms with van der Waals surface area (Å²) in [6, 6.07) is 11.2. The van der Waals surface area contributed by atoms with E-state index in [1.165, 1.54) is 27.7 Å². The van der Waals surface area contributed by atoms with Crippen molar-refractivity contribution in [3.63, 3.8) is 0 Å². The minimum absolute atomic E-state index is 0.195. The van der Waals surface area contributed by atoms with Gasteiger partial charge in [-0.25, -0.2) is 0 Å². The predicted octanol–water partition coefficient (Wildman–Crippen LogP) is 3.21. The second kappa shape index (κ2) is 5.39. The SMILES string of the molecule is COc1ccc2c(c1)c1c(n2C)C(c2ccncc2)NC(C)C1. The molecular formula is C19H21N3O. The summed E-state index contributed by atoms with van der Waals surface area (Å²) in [4.78, 5) is 4.15. The zero-order chi connectivity index (χ0) is 16.0. The van der Waals surface area contributed by atoms with Gasteiger partial charge in [-0.15, -0.1) is 0 Å². The summed E-state index contributed by atoms with van der Waals surface area (Å²) in [5.41, 5.74) is 5.28. The highest BCUT2D eigenvalue weighted by molar-refractivity contribution is 5.87. The first-order chi connectivity index (χ1) is 11.2. The molecule has 0 fully saturated rings. The number of aryl methyl sites for hydroxylation is 1. The topological polar surface area (TPSA) is 39.1 Å². The van der Waals surface area contributed by atoms with Gasteiger partial charge in [-0.1, -0.05) is 0 Å². The summed E-state index contributed by atoms with van der Waals surface area (Å²) in [6.07, 6.45) is 4.75. The Morgan fingerprint density at radius 2 is 2.00 bits per heavy atom. The van der Waals surface area contributed by atoms with E-state index in [-0.39, 0.29) is 6.04 Å². The van der Waals surface area contributed by atoms with Crippen LogP contribution < -0.4 is 10.1 Å². The van der Waals surface area contributed by atoms with Crippen LogP contribution in [0.1, 0.15) is 29.8 Å². The Morgan fingerprint density at radius 3 is 2.74 bits per heavy atom. The minimum atomic E-state index is 0.195. The molecule has 1 aliphatic heterocycles. The number of pyridine rings is 1. The standard InChI is InChI=1S/C19H21N3O/c1-12-10-16-15-11-14(23-3)4-5-17(15)22(2)19(16)18(21-12)13-6-8-20-9-7-13/h4-9,11-12,18,21H,10H2,1-3H3. The number of hydrogen-bond donors (Lipinski definition) is 1. The largest absolute Gasteiger partial charge is 0.497 e. The van der Waals surface area contributed by atoms with Gasteiger partial charge in [-0.2, -0.15) is 0 Å². The van der Waals surface area contributed by atoms with Crippen LogP contribution in [0.4, 0.5) is 0 Å². The van der Waals surface area contributed by atoms with Gasteiger partial charge in [0.25, 0.3) is 0 Å². The number of aromatic nitrogens is 2. The lowest BCUT2D eigenvalue weighted by molar-refractivity contribution is 0.415. The van der Waals surface area contributed by atoms with Crippen molar-refractivity contribution in [3.8, 4) is 5.75 Å². The Hall–Kier alpha value is -2.33. The van der Waals surface area contributed by atoms with Crippen molar-refractivity contribution >= 4 is 10.9 Å². The third-order valence-corrected chi connectivity index (χ3v) is 4.84. The molecule has 3 heterocycles. The number of methoxy groups -OCH3 is 1. The summed E-state index contributed by atoms with van der Waals surface area (Å²) in [7, 11) is 3.88. The van der Waals surface area contributed by atoms with Crippen molar-refractivity contribution in [2.45, 2.75) is 25.4 Å². The molecule has 3 aromatic rings. The van der Waals surface area contributed by atoms with Crippen molar-refractivity contribution < 1.29 is 4.74 Å². The summed E-state index contributed by atoms with van der Waals surface area (Å²) in [5, 5.41) is 5.04. The molecular weight excluding hydrogens is 286 g/mol.